The Hall–Kier alpha value is -2.30. The van der Waals surface area contributed by atoms with Crippen molar-refractivity contribution in [2.24, 2.45) is 5.16 Å². The molecule has 0 aliphatic rings. The fraction of sp³-hybridized carbons (Fsp3) is 0.0714. The molecule has 0 unspecified atom stereocenters. The van der Waals surface area contributed by atoms with Gasteiger partial charge in [-0.05, 0) is 36.4 Å². The highest BCUT2D eigenvalue weighted by molar-refractivity contribution is 5.78. The van der Waals surface area contributed by atoms with Crippen LogP contribution < -0.4 is 0 Å². The minimum atomic E-state index is -0.697. The van der Waals surface area contributed by atoms with E-state index in [0.717, 1.165) is 12.1 Å². The van der Waals surface area contributed by atoms with Crippen molar-refractivity contribution in [3.8, 4) is 0 Å². The van der Waals surface area contributed by atoms with Crippen LogP contribution in [-0.4, -0.2) is 6.21 Å². The summed E-state index contributed by atoms with van der Waals surface area (Å²) in [6, 6.07) is 8.92. The van der Waals surface area contributed by atoms with Crippen molar-refractivity contribution in [1.82, 2.24) is 0 Å². The molecule has 0 N–H and O–H groups in total. The van der Waals surface area contributed by atoms with Crippen molar-refractivity contribution < 1.29 is 18.0 Å². The lowest BCUT2D eigenvalue weighted by Crippen LogP contribution is -1.96. The van der Waals surface area contributed by atoms with Crippen LogP contribution in [-0.2, 0) is 11.4 Å². The second kappa shape index (κ2) is 6.04. The standard InChI is InChI=1S/C14H9F3NO/c15-11-6-4-10(5-7-11)8-18-19-9-12-13(16)2-1-3-14(12)17/h1-7H,9H2. The molecule has 0 atom stereocenters. The third-order valence-electron chi connectivity index (χ3n) is 2.35. The van der Waals surface area contributed by atoms with Gasteiger partial charge in [-0.2, -0.15) is 0 Å². The van der Waals surface area contributed by atoms with Gasteiger partial charge >= 0.3 is 0 Å². The molecular weight excluding hydrogens is 255 g/mol. The second-order valence-corrected chi connectivity index (χ2v) is 3.68. The van der Waals surface area contributed by atoms with Gasteiger partial charge in [0.2, 0.25) is 0 Å². The highest BCUT2D eigenvalue weighted by Gasteiger charge is 2.08. The fourth-order valence-electron chi connectivity index (χ4n) is 1.38. The average molecular weight is 264 g/mol. The van der Waals surface area contributed by atoms with E-state index in [1.54, 1.807) is 0 Å². The molecule has 97 valence electrons. The molecule has 2 aromatic carbocycles. The maximum atomic E-state index is 13.2. The molecule has 0 aliphatic carbocycles. The van der Waals surface area contributed by atoms with Crippen LogP contribution in [0.25, 0.3) is 0 Å². The van der Waals surface area contributed by atoms with Crippen molar-refractivity contribution in [2.45, 2.75) is 6.61 Å². The molecule has 0 aromatic heterocycles. The molecule has 2 aromatic rings. The van der Waals surface area contributed by atoms with Crippen LogP contribution >= 0.6 is 0 Å². The Bertz CT molecular complexity index is 561. The van der Waals surface area contributed by atoms with E-state index in [0.29, 0.717) is 5.56 Å². The molecule has 0 bridgehead atoms. The molecule has 2 nitrogen and oxygen atoms in total. The largest absolute Gasteiger partial charge is 0.390 e. The van der Waals surface area contributed by atoms with Crippen LogP contribution in [0.3, 0.4) is 0 Å². The number of rotatable bonds is 4. The molecule has 0 fully saturated rings. The Morgan fingerprint density at radius 3 is 2.21 bits per heavy atom. The minimum Gasteiger partial charge on any atom is -0.390 e. The van der Waals surface area contributed by atoms with Crippen LogP contribution in [0, 0.1) is 17.5 Å². The van der Waals surface area contributed by atoms with Crippen molar-refractivity contribution in [3.63, 3.8) is 0 Å². The lowest BCUT2D eigenvalue weighted by molar-refractivity contribution is 0.126. The molecule has 2 rings (SSSR count). The van der Waals surface area contributed by atoms with E-state index in [1.165, 1.54) is 30.3 Å². The molecule has 19 heavy (non-hydrogen) atoms. The third-order valence-corrected chi connectivity index (χ3v) is 2.35. The predicted molar refractivity (Wildman–Crippen MR) is 64.1 cm³/mol. The maximum absolute atomic E-state index is 13.2. The quantitative estimate of drug-likeness (QED) is 0.611. The predicted octanol–water partition coefficient (Wildman–Crippen LogP) is 3.53. The first kappa shape index (κ1) is 13.1. The summed E-state index contributed by atoms with van der Waals surface area (Å²) in [4.78, 5) is 4.76. The van der Waals surface area contributed by atoms with Crippen LogP contribution in [0.4, 0.5) is 13.2 Å². The highest BCUT2D eigenvalue weighted by Crippen LogP contribution is 2.13. The summed E-state index contributed by atoms with van der Waals surface area (Å²) < 4.78 is 39.1. The van der Waals surface area contributed by atoms with Gasteiger partial charge in [0, 0.05) is 5.56 Å². The Kier molecular flexibility index (Phi) is 4.18. The van der Waals surface area contributed by atoms with Gasteiger partial charge in [-0.15, -0.1) is 0 Å². The van der Waals surface area contributed by atoms with Crippen LogP contribution in [0.1, 0.15) is 11.1 Å². The van der Waals surface area contributed by atoms with E-state index >= 15 is 0 Å². The van der Waals surface area contributed by atoms with Gasteiger partial charge in [0.15, 0.2) is 0 Å². The van der Waals surface area contributed by atoms with Gasteiger partial charge in [-0.3, -0.25) is 0 Å². The Balaban J connectivity index is 1.95. The smallest absolute Gasteiger partial charge is 0.148 e. The average Bonchev–Trinajstić information content (AvgIpc) is 2.39. The number of benzene rings is 2. The number of nitrogens with zero attached hydrogens (tertiary/aromatic N) is 1. The summed E-state index contributed by atoms with van der Waals surface area (Å²) in [6.45, 7) is -0.341. The lowest BCUT2D eigenvalue weighted by Gasteiger charge is -2.02. The highest BCUT2D eigenvalue weighted by atomic mass is 19.1. The topological polar surface area (TPSA) is 21.6 Å². The Labute approximate surface area is 108 Å². The Morgan fingerprint density at radius 2 is 1.58 bits per heavy atom. The van der Waals surface area contributed by atoms with Crippen molar-refractivity contribution >= 4 is 6.21 Å². The molecule has 0 spiro atoms. The zero-order valence-corrected chi connectivity index (χ0v) is 9.74. The number of hydrogen-bond acceptors (Lipinski definition) is 2. The summed E-state index contributed by atoms with van der Waals surface area (Å²) >= 11 is 0. The molecule has 0 heterocycles. The summed E-state index contributed by atoms with van der Waals surface area (Å²) in [5.41, 5.74) is 0.294. The summed E-state index contributed by atoms with van der Waals surface area (Å²) in [6.07, 6.45) is 2.47. The van der Waals surface area contributed by atoms with Crippen LogP contribution in [0.5, 0.6) is 0 Å². The molecule has 1 radical (unpaired) electrons. The first-order valence-electron chi connectivity index (χ1n) is 5.43. The molecule has 5 heteroatoms. The van der Waals surface area contributed by atoms with Crippen molar-refractivity contribution in [1.29, 1.82) is 0 Å². The Morgan fingerprint density at radius 1 is 0.947 bits per heavy atom. The van der Waals surface area contributed by atoms with Gasteiger partial charge in [0.1, 0.15) is 30.3 Å². The monoisotopic (exact) mass is 264 g/mol. The SMILES string of the molecule is Fc1ccc(/[C]=N\OCc2c(F)cccc2F)cc1. The maximum Gasteiger partial charge on any atom is 0.148 e. The van der Waals surface area contributed by atoms with E-state index in [4.69, 9.17) is 4.84 Å². The molecule has 0 saturated carbocycles. The van der Waals surface area contributed by atoms with E-state index in [1.807, 2.05) is 0 Å². The summed E-state index contributed by atoms with van der Waals surface area (Å²) in [5, 5.41) is 3.44. The van der Waals surface area contributed by atoms with Crippen LogP contribution in [0.15, 0.2) is 47.6 Å². The summed E-state index contributed by atoms with van der Waals surface area (Å²) in [7, 11) is 0. The van der Waals surface area contributed by atoms with Gasteiger partial charge < -0.3 is 4.84 Å². The van der Waals surface area contributed by atoms with Crippen LogP contribution in [0.2, 0.25) is 0 Å². The van der Waals surface area contributed by atoms with Gasteiger partial charge in [0.05, 0.1) is 5.56 Å². The second-order valence-electron chi connectivity index (χ2n) is 3.68. The first-order chi connectivity index (χ1) is 9.16. The van der Waals surface area contributed by atoms with Gasteiger partial charge in [-0.1, -0.05) is 11.2 Å². The zero-order chi connectivity index (χ0) is 13.7. The number of hydrogen-bond donors (Lipinski definition) is 0. The number of halogens is 3. The third kappa shape index (κ3) is 3.58. The van der Waals surface area contributed by atoms with E-state index in [9.17, 15) is 13.2 Å². The molecule has 0 amide bonds. The fourth-order valence-corrected chi connectivity index (χ4v) is 1.38. The first-order valence-corrected chi connectivity index (χ1v) is 5.43. The lowest BCUT2D eigenvalue weighted by atomic mass is 10.2. The molecule has 0 aliphatic heterocycles. The molecular formula is C14H9F3NO. The van der Waals surface area contributed by atoms with E-state index < -0.39 is 11.6 Å². The minimum absolute atomic E-state index is 0.202. The van der Waals surface area contributed by atoms with E-state index in [-0.39, 0.29) is 18.0 Å². The molecule has 0 saturated heterocycles. The van der Waals surface area contributed by atoms with Gasteiger partial charge in [-0.25, -0.2) is 13.2 Å². The van der Waals surface area contributed by atoms with Gasteiger partial charge in [0.25, 0.3) is 0 Å². The zero-order valence-electron chi connectivity index (χ0n) is 9.74. The summed E-state index contributed by atoms with van der Waals surface area (Å²) in [5.74, 6) is -1.77. The van der Waals surface area contributed by atoms with Crippen molar-refractivity contribution in [2.75, 3.05) is 0 Å². The normalized spacial score (nSPS) is 10.9. The van der Waals surface area contributed by atoms with Crippen molar-refractivity contribution in [3.05, 3.63) is 71.0 Å². The van der Waals surface area contributed by atoms with E-state index in [2.05, 4.69) is 11.4 Å².